The Morgan fingerprint density at radius 3 is 2.33 bits per heavy atom. The van der Waals surface area contributed by atoms with E-state index in [9.17, 15) is 24.7 Å². The fourth-order valence-electron chi connectivity index (χ4n) is 1.94. The van der Waals surface area contributed by atoms with Gasteiger partial charge in [0.1, 0.15) is 31.1 Å². The van der Waals surface area contributed by atoms with Crippen molar-refractivity contribution in [1.29, 1.82) is 0 Å². The smallest absolute Gasteiger partial charge is 0.269 e. The van der Waals surface area contributed by atoms with Crippen LogP contribution < -0.4 is 0 Å². The van der Waals surface area contributed by atoms with Gasteiger partial charge in [-0.15, -0.1) is 0 Å². The Kier molecular flexibility index (Phi) is 3.55. The van der Waals surface area contributed by atoms with E-state index in [1.807, 2.05) is 0 Å². The summed E-state index contributed by atoms with van der Waals surface area (Å²) in [7, 11) is 0. The van der Waals surface area contributed by atoms with Gasteiger partial charge in [0.05, 0.1) is 4.92 Å². The molecule has 0 spiro atoms. The first-order valence-electron chi connectivity index (χ1n) is 5.36. The van der Waals surface area contributed by atoms with Gasteiger partial charge >= 0.3 is 0 Å². The number of non-ortho nitro benzene ring substituents is 1. The first-order chi connectivity index (χ1) is 8.54. The van der Waals surface area contributed by atoms with Gasteiger partial charge in [-0.2, -0.15) is 0 Å². The molecule has 4 atom stereocenters. The summed E-state index contributed by atoms with van der Waals surface area (Å²) in [4.78, 5) is 9.94. The predicted molar refractivity (Wildman–Crippen MR) is 58.7 cm³/mol. The topological polar surface area (TPSA) is 92.8 Å². The van der Waals surface area contributed by atoms with Gasteiger partial charge in [-0.25, -0.2) is 4.39 Å². The molecular weight excluding hydrogens is 244 g/mol. The van der Waals surface area contributed by atoms with Crippen molar-refractivity contribution in [2.45, 2.75) is 24.4 Å². The second-order valence-electron chi connectivity index (χ2n) is 4.08. The number of rotatable bonds is 3. The van der Waals surface area contributed by atoms with Crippen LogP contribution in [-0.4, -0.2) is 40.1 Å². The number of nitrogens with zero attached hydrogens (tertiary/aromatic N) is 1. The van der Waals surface area contributed by atoms with Crippen LogP contribution in [0.3, 0.4) is 0 Å². The summed E-state index contributed by atoms with van der Waals surface area (Å²) < 4.78 is 17.7. The third-order valence-corrected chi connectivity index (χ3v) is 2.95. The molecule has 0 amide bonds. The molecule has 2 rings (SSSR count). The average Bonchev–Trinajstić information content (AvgIpc) is 2.66. The van der Waals surface area contributed by atoms with Crippen LogP contribution in [0.4, 0.5) is 10.1 Å². The SMILES string of the molecule is O=[N+]([O-])c1ccc(C2OC(C[18F])C(O)C2O)cc1. The van der Waals surface area contributed by atoms with Crippen molar-refractivity contribution in [1.82, 2.24) is 0 Å². The van der Waals surface area contributed by atoms with E-state index >= 15 is 0 Å². The molecule has 1 aromatic carbocycles. The van der Waals surface area contributed by atoms with Crippen LogP contribution in [0, 0.1) is 10.1 Å². The fourth-order valence-corrected chi connectivity index (χ4v) is 1.94. The van der Waals surface area contributed by atoms with Crippen LogP contribution in [-0.2, 0) is 4.74 Å². The molecule has 6 nitrogen and oxygen atoms in total. The van der Waals surface area contributed by atoms with E-state index in [1.165, 1.54) is 24.3 Å². The molecular formula is C11H12FNO5. The van der Waals surface area contributed by atoms with E-state index in [4.69, 9.17) is 4.74 Å². The predicted octanol–water partition coefficient (Wildman–Crippen LogP) is 0.726. The van der Waals surface area contributed by atoms with Gasteiger partial charge in [0.25, 0.3) is 5.69 Å². The number of aliphatic hydroxyl groups excluding tert-OH is 2. The van der Waals surface area contributed by atoms with Crippen LogP contribution in [0.25, 0.3) is 0 Å². The highest BCUT2D eigenvalue weighted by molar-refractivity contribution is 5.34. The molecule has 1 fully saturated rings. The molecule has 7 heteroatoms. The zero-order valence-corrected chi connectivity index (χ0v) is 9.27. The normalized spacial score (nSPS) is 31.5. The Hall–Kier alpha value is -1.57. The van der Waals surface area contributed by atoms with E-state index in [0.29, 0.717) is 5.56 Å². The molecule has 1 heterocycles. The summed E-state index contributed by atoms with van der Waals surface area (Å²) in [5, 5.41) is 29.7. The Bertz CT molecular complexity index is 438. The summed E-state index contributed by atoms with van der Waals surface area (Å²) in [5.74, 6) is 0. The van der Waals surface area contributed by atoms with Crippen LogP contribution >= 0.6 is 0 Å². The summed E-state index contributed by atoms with van der Waals surface area (Å²) in [6, 6.07) is 5.36. The molecule has 1 aromatic rings. The van der Waals surface area contributed by atoms with Crippen molar-refractivity contribution in [3.8, 4) is 0 Å². The van der Waals surface area contributed by atoms with Crippen LogP contribution in [0.5, 0.6) is 0 Å². The molecule has 1 aliphatic heterocycles. The van der Waals surface area contributed by atoms with Crippen molar-refractivity contribution < 1.29 is 24.3 Å². The van der Waals surface area contributed by atoms with Gasteiger partial charge in [0.15, 0.2) is 0 Å². The van der Waals surface area contributed by atoms with Crippen LogP contribution in [0.15, 0.2) is 24.3 Å². The van der Waals surface area contributed by atoms with Crippen LogP contribution in [0.1, 0.15) is 11.7 Å². The number of nitro benzene ring substituents is 1. The molecule has 2 N–H and O–H groups in total. The van der Waals surface area contributed by atoms with Crippen molar-refractivity contribution >= 4 is 5.69 Å². The number of halogens is 1. The lowest BCUT2D eigenvalue weighted by atomic mass is 10.0. The third kappa shape index (κ3) is 2.20. The molecule has 0 radical (unpaired) electrons. The number of nitro groups is 1. The lowest BCUT2D eigenvalue weighted by Gasteiger charge is -2.14. The monoisotopic (exact) mass is 256 g/mol. The zero-order valence-electron chi connectivity index (χ0n) is 9.27. The van der Waals surface area contributed by atoms with Gasteiger partial charge < -0.3 is 14.9 Å². The Morgan fingerprint density at radius 1 is 1.28 bits per heavy atom. The summed E-state index contributed by atoms with van der Waals surface area (Å²) >= 11 is 0. The molecule has 0 saturated carbocycles. The maximum absolute atomic E-state index is 12.5. The molecule has 0 aliphatic carbocycles. The quantitative estimate of drug-likeness (QED) is 0.614. The number of aliphatic hydroxyl groups is 2. The molecule has 0 bridgehead atoms. The van der Waals surface area contributed by atoms with E-state index in [2.05, 4.69) is 0 Å². The fraction of sp³-hybridized carbons (Fsp3) is 0.455. The third-order valence-electron chi connectivity index (χ3n) is 2.95. The number of hydrogen-bond acceptors (Lipinski definition) is 5. The van der Waals surface area contributed by atoms with Crippen molar-refractivity contribution in [2.75, 3.05) is 6.67 Å². The van der Waals surface area contributed by atoms with Crippen molar-refractivity contribution in [2.24, 2.45) is 0 Å². The minimum absolute atomic E-state index is 0.0890. The number of ether oxygens (including phenoxy) is 1. The highest BCUT2D eigenvalue weighted by Crippen LogP contribution is 2.34. The van der Waals surface area contributed by atoms with Gasteiger partial charge in [0, 0.05) is 12.1 Å². The summed E-state index contributed by atoms with van der Waals surface area (Å²) in [6.07, 6.45) is -4.48. The van der Waals surface area contributed by atoms with E-state index < -0.39 is 36.0 Å². The van der Waals surface area contributed by atoms with E-state index in [0.717, 1.165) is 0 Å². The highest BCUT2D eigenvalue weighted by Gasteiger charge is 2.43. The number of benzene rings is 1. The van der Waals surface area contributed by atoms with Gasteiger partial charge in [-0.3, -0.25) is 10.1 Å². The molecule has 0 aromatic heterocycles. The second kappa shape index (κ2) is 4.97. The molecule has 4 unspecified atom stereocenters. The van der Waals surface area contributed by atoms with Crippen molar-refractivity contribution in [3.63, 3.8) is 0 Å². The van der Waals surface area contributed by atoms with Crippen LogP contribution in [0.2, 0.25) is 0 Å². The minimum atomic E-state index is -1.30. The minimum Gasteiger partial charge on any atom is -0.387 e. The maximum Gasteiger partial charge on any atom is 0.269 e. The summed E-state index contributed by atoms with van der Waals surface area (Å²) in [6.45, 7) is -0.901. The van der Waals surface area contributed by atoms with Gasteiger partial charge in [-0.1, -0.05) is 0 Å². The zero-order chi connectivity index (χ0) is 13.3. The number of hydrogen-bond donors (Lipinski definition) is 2. The average molecular weight is 256 g/mol. The molecule has 98 valence electrons. The van der Waals surface area contributed by atoms with E-state index in [1.54, 1.807) is 0 Å². The number of alkyl halides is 1. The Labute approximate surface area is 102 Å². The first kappa shape index (κ1) is 12.9. The Morgan fingerprint density at radius 2 is 1.89 bits per heavy atom. The van der Waals surface area contributed by atoms with Gasteiger partial charge in [0.2, 0.25) is 0 Å². The molecule has 1 aliphatic rings. The van der Waals surface area contributed by atoms with E-state index in [-0.39, 0.29) is 5.69 Å². The maximum atomic E-state index is 12.5. The Balaban J connectivity index is 2.19. The highest BCUT2D eigenvalue weighted by atomic mass is 18.2. The first-order valence-corrected chi connectivity index (χ1v) is 5.36. The van der Waals surface area contributed by atoms with Gasteiger partial charge in [-0.05, 0) is 17.7 Å². The second-order valence-corrected chi connectivity index (χ2v) is 4.08. The molecule has 18 heavy (non-hydrogen) atoms. The lowest BCUT2D eigenvalue weighted by molar-refractivity contribution is -0.384. The van der Waals surface area contributed by atoms with Crippen molar-refractivity contribution in [3.05, 3.63) is 39.9 Å². The standard InChI is InChI=1S/C11H12FNO5/c12-5-8-9(14)10(15)11(18-8)6-1-3-7(4-2-6)13(16)17/h1-4,8-11,14-15H,5H2/i12-1. The lowest BCUT2D eigenvalue weighted by Crippen LogP contribution is -2.31. The summed E-state index contributed by atoms with van der Waals surface area (Å²) in [5.41, 5.74) is 0.372. The largest absolute Gasteiger partial charge is 0.387 e. The molecule has 1 saturated heterocycles.